The standard InChI is InChI=1S/C48H52FN7O5S/c1-27(19-32(49)24-52-45(57)60-47(2,3)4)42-50-25-35(53-42)29-14-16-33-38-21-31-20-28(34-26-51-43(54-34)37-12-10-18-55(37)46(58)61-48(5,6)7)15-17-36(31)56(38)44(59-39(33)22-29)41-23-30-11-8-9-13-40(30)62-41/h8-9,11,13-17,20-23,25-27,32,37,44H,10,12,18-19,24H2,1-7H3,(H,50,53)(H,51,54)(H,52,57)/t27-,32+,37-,44?/m0/s1. The molecule has 14 heteroatoms. The van der Waals surface area contributed by atoms with Crippen LogP contribution in [0.3, 0.4) is 0 Å². The van der Waals surface area contributed by atoms with Crippen molar-refractivity contribution in [3.8, 4) is 39.5 Å². The molecule has 0 bridgehead atoms. The SMILES string of the molecule is C[C@@H](C[C@@H](F)CNC(=O)OC(C)(C)C)c1ncc(-c2ccc3c(c2)OC(c2cc4ccccc4s2)n2c-3cc3cc(-c4cnc([C@@H]5CCCN5C(=O)OC(C)(C)C)[nH]4)ccc32)[nH]1. The number of imidazole rings is 2. The predicted molar refractivity (Wildman–Crippen MR) is 240 cm³/mol. The summed E-state index contributed by atoms with van der Waals surface area (Å²) in [4.78, 5) is 44.3. The normalized spacial score (nSPS) is 17.4. The van der Waals surface area contributed by atoms with Crippen LogP contribution >= 0.6 is 11.3 Å². The highest BCUT2D eigenvalue weighted by atomic mass is 32.1. The third-order valence-corrected chi connectivity index (χ3v) is 12.4. The molecule has 3 N–H and O–H groups in total. The van der Waals surface area contributed by atoms with Gasteiger partial charge in [0.05, 0.1) is 52.5 Å². The summed E-state index contributed by atoms with van der Waals surface area (Å²) in [5.41, 5.74) is 5.33. The molecule has 1 unspecified atom stereocenters. The molecule has 1 fully saturated rings. The lowest BCUT2D eigenvalue weighted by molar-refractivity contribution is 0.0218. The average Bonchev–Trinajstić information content (AvgIpc) is 4.06. The van der Waals surface area contributed by atoms with Gasteiger partial charge >= 0.3 is 12.2 Å². The van der Waals surface area contributed by atoms with Crippen molar-refractivity contribution in [2.75, 3.05) is 13.1 Å². The van der Waals surface area contributed by atoms with E-state index >= 15 is 0 Å². The van der Waals surface area contributed by atoms with Gasteiger partial charge in [-0.15, -0.1) is 11.3 Å². The van der Waals surface area contributed by atoms with Crippen molar-refractivity contribution in [2.45, 2.75) is 103 Å². The van der Waals surface area contributed by atoms with Crippen molar-refractivity contribution in [3.63, 3.8) is 0 Å². The van der Waals surface area contributed by atoms with Crippen LogP contribution < -0.4 is 10.1 Å². The molecule has 0 aliphatic carbocycles. The molecule has 2 aliphatic heterocycles. The molecule has 0 radical (unpaired) electrons. The second kappa shape index (κ2) is 16.0. The second-order valence-corrected chi connectivity index (χ2v) is 19.5. The van der Waals surface area contributed by atoms with E-state index in [1.807, 2.05) is 40.0 Å². The Balaban J connectivity index is 1.00. The smallest absolute Gasteiger partial charge is 0.410 e. The van der Waals surface area contributed by atoms with Gasteiger partial charge in [-0.2, -0.15) is 0 Å². The van der Waals surface area contributed by atoms with E-state index in [9.17, 15) is 14.0 Å². The van der Waals surface area contributed by atoms with Gasteiger partial charge in [-0.25, -0.2) is 23.9 Å². The van der Waals surface area contributed by atoms with E-state index in [-0.39, 0.29) is 31.0 Å². The predicted octanol–water partition coefficient (Wildman–Crippen LogP) is 11.7. The first-order valence-electron chi connectivity index (χ1n) is 21.2. The van der Waals surface area contributed by atoms with Crippen LogP contribution in [0.25, 0.3) is 54.8 Å². The summed E-state index contributed by atoms with van der Waals surface area (Å²) < 4.78 is 36.4. The fourth-order valence-electron chi connectivity index (χ4n) is 8.41. The minimum atomic E-state index is -1.28. The molecule has 62 heavy (non-hydrogen) atoms. The van der Waals surface area contributed by atoms with Crippen molar-refractivity contribution in [3.05, 3.63) is 102 Å². The zero-order chi connectivity index (χ0) is 43.5. The van der Waals surface area contributed by atoms with Gasteiger partial charge in [0.2, 0.25) is 6.23 Å². The maximum atomic E-state index is 15.0. The number of ether oxygens (including phenoxy) is 3. The zero-order valence-electron chi connectivity index (χ0n) is 36.0. The lowest BCUT2D eigenvalue weighted by Crippen LogP contribution is -2.36. The number of fused-ring (bicyclic) bond motifs is 6. The number of halogens is 1. The van der Waals surface area contributed by atoms with Gasteiger partial charge in [0.25, 0.3) is 0 Å². The molecular formula is C48H52FN7O5S. The second-order valence-electron chi connectivity index (χ2n) is 18.4. The Morgan fingerprint density at radius 2 is 1.66 bits per heavy atom. The van der Waals surface area contributed by atoms with Crippen molar-refractivity contribution in [1.82, 2.24) is 34.7 Å². The third-order valence-electron chi connectivity index (χ3n) is 11.2. The summed E-state index contributed by atoms with van der Waals surface area (Å²) in [6.07, 6.45) is 2.83. The lowest BCUT2D eigenvalue weighted by Gasteiger charge is -2.29. The Bertz CT molecular complexity index is 2760. The minimum Gasteiger partial charge on any atom is -0.464 e. The Morgan fingerprint density at radius 3 is 2.45 bits per heavy atom. The van der Waals surface area contributed by atoms with Crippen LogP contribution in [-0.4, -0.2) is 72.1 Å². The number of H-pyrrole nitrogens is 2. The molecule has 7 aromatic rings. The number of amides is 2. The molecule has 1 saturated heterocycles. The van der Waals surface area contributed by atoms with E-state index in [1.54, 1.807) is 43.2 Å². The van der Waals surface area contributed by atoms with Crippen LogP contribution in [0.15, 0.2) is 85.2 Å². The van der Waals surface area contributed by atoms with E-state index in [2.05, 4.69) is 91.6 Å². The van der Waals surface area contributed by atoms with Gasteiger partial charge in [-0.3, -0.25) is 9.47 Å². The largest absolute Gasteiger partial charge is 0.464 e. The fraction of sp³-hybridized carbons (Fsp3) is 0.375. The molecule has 12 nitrogen and oxygen atoms in total. The van der Waals surface area contributed by atoms with Crippen LogP contribution in [0.5, 0.6) is 5.75 Å². The van der Waals surface area contributed by atoms with Gasteiger partial charge < -0.3 is 29.5 Å². The first-order valence-corrected chi connectivity index (χ1v) is 22.0. The third kappa shape index (κ3) is 8.40. The van der Waals surface area contributed by atoms with Crippen molar-refractivity contribution < 1.29 is 28.2 Å². The number of rotatable bonds is 9. The highest BCUT2D eigenvalue weighted by Crippen LogP contribution is 2.47. The van der Waals surface area contributed by atoms with Gasteiger partial charge in [-0.1, -0.05) is 37.3 Å². The first-order chi connectivity index (χ1) is 29.6. The maximum Gasteiger partial charge on any atom is 0.410 e. The summed E-state index contributed by atoms with van der Waals surface area (Å²) in [5.74, 6) is 1.92. The quantitative estimate of drug-likeness (QED) is 0.131. The van der Waals surface area contributed by atoms with E-state index in [0.29, 0.717) is 12.4 Å². The molecule has 3 aromatic carbocycles. The summed E-state index contributed by atoms with van der Waals surface area (Å²) in [6, 6.07) is 25.2. The molecule has 9 rings (SSSR count). The molecule has 4 atom stereocenters. The number of alkyl halides is 1. The number of alkyl carbamates (subject to hydrolysis) is 1. The lowest BCUT2D eigenvalue weighted by atomic mass is 10.0. The molecule has 2 aliphatic rings. The molecule has 0 saturated carbocycles. The van der Waals surface area contributed by atoms with Crippen LogP contribution in [0.2, 0.25) is 0 Å². The number of aromatic nitrogens is 5. The molecular weight excluding hydrogens is 806 g/mol. The number of carbonyl (C=O) groups is 2. The molecule has 0 spiro atoms. The number of likely N-dealkylation sites (tertiary alicyclic amines) is 1. The van der Waals surface area contributed by atoms with Crippen LogP contribution in [0.1, 0.15) is 102 Å². The van der Waals surface area contributed by atoms with E-state index in [1.165, 1.54) is 4.70 Å². The molecule has 322 valence electrons. The van der Waals surface area contributed by atoms with Gasteiger partial charge in [0.1, 0.15) is 34.8 Å². The number of benzene rings is 3. The van der Waals surface area contributed by atoms with Crippen LogP contribution in [0, 0.1) is 0 Å². The monoisotopic (exact) mass is 857 g/mol. The Morgan fingerprint density at radius 1 is 0.919 bits per heavy atom. The number of nitrogens with zero attached hydrogens (tertiary/aromatic N) is 4. The molecule has 2 amide bonds. The van der Waals surface area contributed by atoms with E-state index < -0.39 is 29.7 Å². The molecule has 4 aromatic heterocycles. The highest BCUT2D eigenvalue weighted by Gasteiger charge is 2.35. The number of carbonyl (C=O) groups excluding carboxylic acids is 2. The molecule has 6 heterocycles. The van der Waals surface area contributed by atoms with Gasteiger partial charge in [-0.05, 0) is 109 Å². The van der Waals surface area contributed by atoms with Crippen LogP contribution in [-0.2, 0) is 9.47 Å². The number of hydrogen-bond donors (Lipinski definition) is 3. The number of aromatic amines is 2. The van der Waals surface area contributed by atoms with Gasteiger partial charge in [0.15, 0.2) is 0 Å². The zero-order valence-corrected chi connectivity index (χ0v) is 36.9. The number of hydrogen-bond acceptors (Lipinski definition) is 8. The van der Waals surface area contributed by atoms with E-state index in [4.69, 9.17) is 19.2 Å². The topological polar surface area (TPSA) is 139 Å². The Labute approximate surface area is 363 Å². The Hall–Kier alpha value is -6.15. The number of nitrogens with one attached hydrogen (secondary N) is 3. The average molecular weight is 858 g/mol. The summed E-state index contributed by atoms with van der Waals surface area (Å²) in [7, 11) is 0. The summed E-state index contributed by atoms with van der Waals surface area (Å²) >= 11 is 1.72. The van der Waals surface area contributed by atoms with Crippen LogP contribution in [0.4, 0.5) is 14.0 Å². The van der Waals surface area contributed by atoms with Gasteiger partial charge in [0, 0.05) is 39.2 Å². The first kappa shape index (κ1) is 41.2. The summed E-state index contributed by atoms with van der Waals surface area (Å²) in [5, 5.41) is 4.74. The maximum absolute atomic E-state index is 15.0. The van der Waals surface area contributed by atoms with E-state index in [0.717, 1.165) is 79.4 Å². The Kier molecular flexibility index (Phi) is 10.6. The van der Waals surface area contributed by atoms with Crippen molar-refractivity contribution >= 4 is 44.5 Å². The highest BCUT2D eigenvalue weighted by molar-refractivity contribution is 7.19. The number of thiophene rings is 1. The van der Waals surface area contributed by atoms with Crippen molar-refractivity contribution in [1.29, 1.82) is 0 Å². The fourth-order valence-corrected chi connectivity index (χ4v) is 9.49. The minimum absolute atomic E-state index is 0.144. The summed E-state index contributed by atoms with van der Waals surface area (Å²) in [6.45, 7) is 13.3. The van der Waals surface area contributed by atoms with Crippen molar-refractivity contribution in [2.24, 2.45) is 0 Å².